The molecule has 0 radical (unpaired) electrons. The maximum absolute atomic E-state index is 5.28. The molecule has 6 heteroatoms. The summed E-state index contributed by atoms with van der Waals surface area (Å²) in [5, 5.41) is 2.07. The van der Waals surface area contributed by atoms with Crippen LogP contribution in [0.4, 0.5) is 34.1 Å². The molecule has 0 amide bonds. The van der Waals surface area contributed by atoms with Crippen molar-refractivity contribution in [2.45, 2.75) is 38.5 Å². The summed E-state index contributed by atoms with van der Waals surface area (Å²) in [6.07, 6.45) is 0. The number of hydrogen-bond donors (Lipinski definition) is 0. The molecule has 68 heavy (non-hydrogen) atoms. The second-order valence-corrected chi connectivity index (χ2v) is 21.1. The zero-order valence-corrected chi connectivity index (χ0v) is 39.9. The lowest BCUT2D eigenvalue weighted by Gasteiger charge is -2.28. The van der Waals surface area contributed by atoms with Crippen molar-refractivity contribution in [2.75, 3.05) is 9.80 Å². The van der Waals surface area contributed by atoms with Gasteiger partial charge in [0.1, 0.15) is 10.0 Å². The molecule has 0 saturated carbocycles. The van der Waals surface area contributed by atoms with Gasteiger partial charge in [-0.15, -0.1) is 22.7 Å². The van der Waals surface area contributed by atoms with Gasteiger partial charge >= 0.3 is 0 Å². The van der Waals surface area contributed by atoms with E-state index in [1.165, 1.54) is 44.5 Å². The standard InChI is InChI=1S/C62H46N4S2/c1-61(2)51-33-39(25-29-47(51)49-31-27-45(35-53(49)61)65(41-17-9-5-10-18-41)42-19-11-6-12-20-42)59-63-55-37-58-56(38-57(55)67-59)64-60(68-58)40-26-30-48-50-32-28-46(36-54(50)62(3,4)52(48)34-40)66(43-21-13-7-14-22-43)44-23-15-8-16-24-44/h5-38H,1-4H3. The first-order valence-corrected chi connectivity index (χ1v) is 24.9. The predicted molar refractivity (Wildman–Crippen MR) is 288 cm³/mol. The molecule has 4 nitrogen and oxygen atoms in total. The predicted octanol–water partition coefficient (Wildman–Crippen LogP) is 17.8. The van der Waals surface area contributed by atoms with Gasteiger partial charge in [-0.1, -0.05) is 137 Å². The zero-order valence-electron chi connectivity index (χ0n) is 38.2. The summed E-state index contributed by atoms with van der Waals surface area (Å²) in [7, 11) is 0. The van der Waals surface area contributed by atoms with E-state index in [0.29, 0.717) is 0 Å². The monoisotopic (exact) mass is 910 g/mol. The van der Waals surface area contributed by atoms with E-state index in [2.05, 4.69) is 244 Å². The van der Waals surface area contributed by atoms with Gasteiger partial charge in [-0.05, 0) is 142 Å². The molecule has 0 N–H and O–H groups in total. The van der Waals surface area contributed by atoms with Gasteiger partial charge in [0.05, 0.1) is 20.4 Å². The summed E-state index contributed by atoms with van der Waals surface area (Å²) in [5.41, 5.74) is 21.3. The average molecular weight is 911 g/mol. The molecule has 0 unspecified atom stereocenters. The number of aromatic nitrogens is 2. The molecule has 0 saturated heterocycles. The lowest BCUT2D eigenvalue weighted by molar-refractivity contribution is 0.660. The fourth-order valence-corrected chi connectivity index (χ4v) is 12.7. The van der Waals surface area contributed by atoms with Gasteiger partial charge in [0.2, 0.25) is 0 Å². The van der Waals surface area contributed by atoms with E-state index in [4.69, 9.17) is 9.97 Å². The molecule has 326 valence electrons. The molecular weight excluding hydrogens is 865 g/mol. The van der Waals surface area contributed by atoms with E-state index in [1.807, 2.05) is 0 Å². The minimum absolute atomic E-state index is 0.195. The topological polar surface area (TPSA) is 32.3 Å². The quantitative estimate of drug-likeness (QED) is 0.152. The summed E-state index contributed by atoms with van der Waals surface area (Å²) in [4.78, 5) is 15.3. The number of rotatable bonds is 8. The van der Waals surface area contributed by atoms with Crippen molar-refractivity contribution in [1.82, 2.24) is 9.97 Å². The van der Waals surface area contributed by atoms with E-state index < -0.39 is 0 Å². The Labute approximate surface area is 405 Å². The van der Waals surface area contributed by atoms with Crippen molar-refractivity contribution in [3.05, 3.63) is 229 Å². The first kappa shape index (κ1) is 40.6. The number of para-hydroxylation sites is 4. The van der Waals surface area contributed by atoms with Crippen molar-refractivity contribution in [3.8, 4) is 43.4 Å². The molecule has 9 aromatic carbocycles. The largest absolute Gasteiger partial charge is 0.310 e. The molecule has 0 bridgehead atoms. The normalized spacial score (nSPS) is 13.8. The Balaban J connectivity index is 0.795. The van der Waals surface area contributed by atoms with Gasteiger partial charge in [-0.3, -0.25) is 0 Å². The second-order valence-electron chi connectivity index (χ2n) is 19.1. The molecule has 2 aromatic heterocycles. The Morgan fingerprint density at radius 3 is 0.971 bits per heavy atom. The molecule has 11 aromatic rings. The van der Waals surface area contributed by atoms with Gasteiger partial charge in [-0.2, -0.15) is 0 Å². The van der Waals surface area contributed by atoms with Gasteiger partial charge < -0.3 is 9.80 Å². The molecule has 2 aliphatic carbocycles. The second kappa shape index (κ2) is 15.5. The SMILES string of the molecule is CC1(C)c2cc(-c3nc4cc5sc(-c6ccc7c(c6)C(C)(C)c6cc(N(c8ccccc8)c8ccccc8)ccc6-7)nc5cc4s3)ccc2-c2ccc(N(c3ccccc3)c3ccccc3)cc21. The van der Waals surface area contributed by atoms with Crippen molar-refractivity contribution in [1.29, 1.82) is 0 Å². The van der Waals surface area contributed by atoms with Crippen molar-refractivity contribution in [2.24, 2.45) is 0 Å². The smallest absolute Gasteiger partial charge is 0.124 e. The minimum atomic E-state index is -0.195. The van der Waals surface area contributed by atoms with Crippen LogP contribution in [0.25, 0.3) is 63.8 Å². The van der Waals surface area contributed by atoms with Gasteiger partial charge in [0.15, 0.2) is 0 Å². The van der Waals surface area contributed by atoms with Crippen LogP contribution < -0.4 is 9.80 Å². The molecular formula is C62H46N4S2. The highest BCUT2D eigenvalue weighted by Crippen LogP contribution is 2.54. The lowest BCUT2D eigenvalue weighted by atomic mass is 9.82. The number of nitrogens with zero attached hydrogens (tertiary/aromatic N) is 4. The minimum Gasteiger partial charge on any atom is -0.310 e. The number of benzene rings is 9. The number of anilines is 6. The number of hydrogen-bond acceptors (Lipinski definition) is 6. The fraction of sp³-hybridized carbons (Fsp3) is 0.0968. The van der Waals surface area contributed by atoms with Crippen LogP contribution in [0, 0.1) is 0 Å². The highest BCUT2D eigenvalue weighted by molar-refractivity contribution is 7.23. The van der Waals surface area contributed by atoms with Crippen LogP contribution in [0.3, 0.4) is 0 Å². The van der Waals surface area contributed by atoms with Gasteiger partial charge in [0, 0.05) is 56.1 Å². The van der Waals surface area contributed by atoms with Crippen LogP contribution in [0.15, 0.2) is 206 Å². The van der Waals surface area contributed by atoms with Crippen LogP contribution in [0.5, 0.6) is 0 Å². The summed E-state index contributed by atoms with van der Waals surface area (Å²) in [6.45, 7) is 9.44. The van der Waals surface area contributed by atoms with Crippen LogP contribution in [0.2, 0.25) is 0 Å². The lowest BCUT2D eigenvalue weighted by Crippen LogP contribution is -2.16. The molecule has 0 spiro atoms. The van der Waals surface area contributed by atoms with Gasteiger partial charge in [-0.25, -0.2) is 9.97 Å². The Bertz CT molecular complexity index is 3370. The summed E-state index contributed by atoms with van der Waals surface area (Å²) in [6, 6.07) is 74.9. The third-order valence-corrected chi connectivity index (χ3v) is 16.4. The average Bonchev–Trinajstić information content (AvgIpc) is 4.10. The summed E-state index contributed by atoms with van der Waals surface area (Å²) < 4.78 is 2.31. The Morgan fingerprint density at radius 2 is 0.632 bits per heavy atom. The Hall–Kier alpha value is -7.64. The number of thiazole rings is 2. The first-order valence-electron chi connectivity index (χ1n) is 23.3. The summed E-state index contributed by atoms with van der Waals surface area (Å²) >= 11 is 3.51. The van der Waals surface area contributed by atoms with Crippen LogP contribution >= 0.6 is 22.7 Å². The maximum atomic E-state index is 5.28. The molecule has 0 aliphatic heterocycles. The van der Waals surface area contributed by atoms with Gasteiger partial charge in [0.25, 0.3) is 0 Å². The van der Waals surface area contributed by atoms with Crippen LogP contribution in [0.1, 0.15) is 49.9 Å². The highest BCUT2D eigenvalue weighted by Gasteiger charge is 2.38. The van der Waals surface area contributed by atoms with Crippen LogP contribution in [-0.4, -0.2) is 9.97 Å². The highest BCUT2D eigenvalue weighted by atomic mass is 32.1. The third-order valence-electron chi connectivity index (χ3n) is 14.3. The van der Waals surface area contributed by atoms with E-state index in [0.717, 1.165) is 75.7 Å². The molecule has 13 rings (SSSR count). The van der Waals surface area contributed by atoms with E-state index in [9.17, 15) is 0 Å². The third kappa shape index (κ3) is 6.46. The Morgan fingerprint density at radius 1 is 0.324 bits per heavy atom. The fourth-order valence-electron chi connectivity index (χ4n) is 10.8. The van der Waals surface area contributed by atoms with E-state index in [-0.39, 0.29) is 10.8 Å². The molecule has 2 heterocycles. The Kier molecular flexibility index (Phi) is 9.23. The van der Waals surface area contributed by atoms with Crippen molar-refractivity contribution < 1.29 is 0 Å². The first-order chi connectivity index (χ1) is 33.2. The molecule has 0 fully saturated rings. The molecule has 0 atom stereocenters. The van der Waals surface area contributed by atoms with Crippen molar-refractivity contribution in [3.63, 3.8) is 0 Å². The van der Waals surface area contributed by atoms with E-state index >= 15 is 0 Å². The van der Waals surface area contributed by atoms with E-state index in [1.54, 1.807) is 22.7 Å². The van der Waals surface area contributed by atoms with Crippen molar-refractivity contribution >= 4 is 77.2 Å². The molecule has 2 aliphatic rings. The van der Waals surface area contributed by atoms with Crippen LogP contribution in [-0.2, 0) is 10.8 Å². The zero-order chi connectivity index (χ0) is 45.7. The number of fused-ring (bicyclic) bond motifs is 8. The summed E-state index contributed by atoms with van der Waals surface area (Å²) in [5.74, 6) is 0. The maximum Gasteiger partial charge on any atom is 0.124 e.